The lowest BCUT2D eigenvalue weighted by Crippen LogP contribution is -2.27. The molecule has 2 aliphatic rings. The molecule has 17 heavy (non-hydrogen) atoms. The second kappa shape index (κ2) is 4.45. The molecule has 92 valence electrons. The third-order valence-corrected chi connectivity index (χ3v) is 4.85. The summed E-state index contributed by atoms with van der Waals surface area (Å²) in [6.07, 6.45) is 6.16. The number of aliphatic hydroxyl groups is 1. The smallest absolute Gasteiger partial charge is 0.0611 e. The Kier molecular flexibility index (Phi) is 2.96. The lowest BCUT2D eigenvalue weighted by Gasteiger charge is -2.26. The molecule has 1 heteroatoms. The quantitative estimate of drug-likeness (QED) is 0.844. The number of aliphatic hydroxyl groups excluding tert-OH is 1. The van der Waals surface area contributed by atoms with Crippen LogP contribution >= 0.6 is 0 Å². The molecule has 2 saturated carbocycles. The van der Waals surface area contributed by atoms with Crippen LogP contribution in [0.5, 0.6) is 0 Å². The lowest BCUT2D eigenvalue weighted by molar-refractivity contribution is 0.0751. The summed E-state index contributed by atoms with van der Waals surface area (Å²) in [7, 11) is 0. The molecule has 2 fully saturated rings. The van der Waals surface area contributed by atoms with Crippen LogP contribution in [0.25, 0.3) is 0 Å². The number of fused-ring (bicyclic) bond motifs is 2. The van der Waals surface area contributed by atoms with E-state index in [1.165, 1.54) is 36.8 Å². The Morgan fingerprint density at radius 3 is 2.53 bits per heavy atom. The van der Waals surface area contributed by atoms with Crippen molar-refractivity contribution in [3.63, 3.8) is 0 Å². The van der Waals surface area contributed by atoms with E-state index in [1.54, 1.807) is 0 Å². The Morgan fingerprint density at radius 1 is 1.18 bits per heavy atom. The number of rotatable bonds is 3. The minimum atomic E-state index is -0.118. The maximum Gasteiger partial charge on any atom is 0.0611 e. The van der Waals surface area contributed by atoms with Gasteiger partial charge in [0.15, 0.2) is 0 Å². The predicted molar refractivity (Wildman–Crippen MR) is 69.8 cm³/mol. The van der Waals surface area contributed by atoms with E-state index in [0.29, 0.717) is 5.92 Å². The Bertz CT molecular complexity index is 381. The molecule has 1 N–H and O–H groups in total. The summed E-state index contributed by atoms with van der Waals surface area (Å²) < 4.78 is 0. The number of benzene rings is 1. The van der Waals surface area contributed by atoms with Crippen LogP contribution in [-0.2, 0) is 6.42 Å². The lowest BCUT2D eigenvalue weighted by atomic mass is 9.82. The molecule has 3 rings (SSSR count). The molecular formula is C16H22O. The summed E-state index contributed by atoms with van der Waals surface area (Å²) in [5, 5.41) is 10.4. The van der Waals surface area contributed by atoms with Crippen LogP contribution in [0.4, 0.5) is 0 Å². The first kappa shape index (κ1) is 11.3. The zero-order valence-electron chi connectivity index (χ0n) is 10.6. The van der Waals surface area contributed by atoms with Gasteiger partial charge in [0, 0.05) is 0 Å². The molecule has 1 nitrogen and oxygen atoms in total. The first-order valence-electron chi connectivity index (χ1n) is 6.96. The van der Waals surface area contributed by atoms with Crippen molar-refractivity contribution in [1.29, 1.82) is 0 Å². The molecule has 0 saturated heterocycles. The molecular weight excluding hydrogens is 208 g/mol. The zero-order valence-corrected chi connectivity index (χ0v) is 10.6. The summed E-state index contributed by atoms with van der Waals surface area (Å²) in [4.78, 5) is 0. The van der Waals surface area contributed by atoms with Crippen LogP contribution in [0, 0.1) is 24.7 Å². The van der Waals surface area contributed by atoms with Gasteiger partial charge in [-0.05, 0) is 55.9 Å². The number of aryl methyl sites for hydroxylation is 1. The SMILES string of the molecule is Cc1ccc(CC(O)C2CC3CCC2C3)cc1. The third-order valence-electron chi connectivity index (χ3n) is 4.85. The van der Waals surface area contributed by atoms with Crippen molar-refractivity contribution in [3.05, 3.63) is 35.4 Å². The molecule has 0 spiro atoms. The summed E-state index contributed by atoms with van der Waals surface area (Å²) in [6.45, 7) is 2.11. The third kappa shape index (κ3) is 2.26. The molecule has 0 aromatic heterocycles. The van der Waals surface area contributed by atoms with Crippen molar-refractivity contribution in [2.45, 2.75) is 45.1 Å². The van der Waals surface area contributed by atoms with E-state index in [9.17, 15) is 5.11 Å². The molecule has 0 radical (unpaired) electrons. The Morgan fingerprint density at radius 2 is 1.94 bits per heavy atom. The first-order chi connectivity index (χ1) is 8.22. The predicted octanol–water partition coefficient (Wildman–Crippen LogP) is 3.33. The fraction of sp³-hybridized carbons (Fsp3) is 0.625. The van der Waals surface area contributed by atoms with E-state index in [0.717, 1.165) is 18.3 Å². The Labute approximate surface area is 104 Å². The van der Waals surface area contributed by atoms with Gasteiger partial charge in [0.25, 0.3) is 0 Å². The molecule has 1 aromatic carbocycles. The van der Waals surface area contributed by atoms with Gasteiger partial charge in [-0.3, -0.25) is 0 Å². The maximum atomic E-state index is 10.4. The van der Waals surface area contributed by atoms with E-state index >= 15 is 0 Å². The van der Waals surface area contributed by atoms with Crippen molar-refractivity contribution in [2.24, 2.45) is 17.8 Å². The highest BCUT2D eigenvalue weighted by Crippen LogP contribution is 2.49. The molecule has 0 heterocycles. The van der Waals surface area contributed by atoms with Gasteiger partial charge in [0.2, 0.25) is 0 Å². The fourth-order valence-corrected chi connectivity index (χ4v) is 3.88. The van der Waals surface area contributed by atoms with Crippen molar-refractivity contribution < 1.29 is 5.11 Å². The highest BCUT2D eigenvalue weighted by Gasteiger charge is 2.42. The van der Waals surface area contributed by atoms with Crippen LogP contribution in [0.1, 0.15) is 36.8 Å². The van der Waals surface area contributed by atoms with Gasteiger partial charge in [-0.1, -0.05) is 36.2 Å². The van der Waals surface area contributed by atoms with Gasteiger partial charge < -0.3 is 5.11 Å². The summed E-state index contributed by atoms with van der Waals surface area (Å²) in [5.41, 5.74) is 2.58. The normalized spacial score (nSPS) is 32.9. The molecule has 4 atom stereocenters. The van der Waals surface area contributed by atoms with Crippen molar-refractivity contribution in [2.75, 3.05) is 0 Å². The van der Waals surface area contributed by atoms with E-state index < -0.39 is 0 Å². The van der Waals surface area contributed by atoms with Gasteiger partial charge in [0.1, 0.15) is 0 Å². The van der Waals surface area contributed by atoms with Crippen molar-refractivity contribution in [1.82, 2.24) is 0 Å². The minimum Gasteiger partial charge on any atom is -0.392 e. The maximum absolute atomic E-state index is 10.4. The molecule has 2 aliphatic carbocycles. The Balaban J connectivity index is 1.63. The van der Waals surface area contributed by atoms with E-state index in [1.807, 2.05) is 0 Å². The highest BCUT2D eigenvalue weighted by atomic mass is 16.3. The minimum absolute atomic E-state index is 0.118. The molecule has 2 bridgehead atoms. The monoisotopic (exact) mass is 230 g/mol. The average molecular weight is 230 g/mol. The fourth-order valence-electron chi connectivity index (χ4n) is 3.88. The number of hydrogen-bond donors (Lipinski definition) is 1. The van der Waals surface area contributed by atoms with Crippen LogP contribution in [0.15, 0.2) is 24.3 Å². The van der Waals surface area contributed by atoms with Gasteiger partial charge in [-0.2, -0.15) is 0 Å². The second-order valence-electron chi connectivity index (χ2n) is 6.10. The summed E-state index contributed by atoms with van der Waals surface area (Å²) >= 11 is 0. The molecule has 1 aromatic rings. The topological polar surface area (TPSA) is 20.2 Å². The van der Waals surface area contributed by atoms with Crippen LogP contribution in [0.2, 0.25) is 0 Å². The molecule has 4 unspecified atom stereocenters. The average Bonchev–Trinajstić information content (AvgIpc) is 2.94. The number of hydrogen-bond acceptors (Lipinski definition) is 1. The van der Waals surface area contributed by atoms with Crippen LogP contribution in [0.3, 0.4) is 0 Å². The van der Waals surface area contributed by atoms with Crippen LogP contribution in [-0.4, -0.2) is 11.2 Å². The van der Waals surface area contributed by atoms with Crippen molar-refractivity contribution in [3.8, 4) is 0 Å². The van der Waals surface area contributed by atoms with E-state index in [4.69, 9.17) is 0 Å². The van der Waals surface area contributed by atoms with Gasteiger partial charge >= 0.3 is 0 Å². The standard InChI is InChI=1S/C16H22O/c1-11-2-4-12(5-3-11)10-16(17)15-9-13-6-7-14(15)8-13/h2-5,13-17H,6-10H2,1H3. The second-order valence-corrected chi connectivity index (χ2v) is 6.10. The summed E-state index contributed by atoms with van der Waals surface area (Å²) in [6, 6.07) is 8.60. The zero-order chi connectivity index (χ0) is 11.8. The van der Waals surface area contributed by atoms with Gasteiger partial charge in [0.05, 0.1) is 6.10 Å². The first-order valence-corrected chi connectivity index (χ1v) is 6.96. The van der Waals surface area contributed by atoms with Gasteiger partial charge in [-0.15, -0.1) is 0 Å². The largest absolute Gasteiger partial charge is 0.392 e. The Hall–Kier alpha value is -0.820. The highest BCUT2D eigenvalue weighted by molar-refractivity contribution is 5.22. The van der Waals surface area contributed by atoms with Gasteiger partial charge in [-0.25, -0.2) is 0 Å². The summed E-state index contributed by atoms with van der Waals surface area (Å²) in [5.74, 6) is 2.33. The van der Waals surface area contributed by atoms with E-state index in [-0.39, 0.29) is 6.10 Å². The molecule has 0 aliphatic heterocycles. The van der Waals surface area contributed by atoms with Crippen molar-refractivity contribution >= 4 is 0 Å². The van der Waals surface area contributed by atoms with Crippen LogP contribution < -0.4 is 0 Å². The molecule has 0 amide bonds. The van der Waals surface area contributed by atoms with E-state index in [2.05, 4.69) is 31.2 Å².